The third-order valence-electron chi connectivity index (χ3n) is 1.31. The number of hydrogen-bond acceptors (Lipinski definition) is 4. The number of rotatable bonds is 0. The molecule has 1 N–H and O–H groups in total. The first-order chi connectivity index (χ1) is 4.66. The Hall–Kier alpha value is -1.39. The molecule has 1 rings (SSSR count). The van der Waals surface area contributed by atoms with E-state index in [1.54, 1.807) is 0 Å². The average molecular weight is 142 g/mol. The van der Waals surface area contributed by atoms with E-state index in [1.165, 1.54) is 11.9 Å². The molecule has 5 heteroatoms. The van der Waals surface area contributed by atoms with Crippen LogP contribution in [0.15, 0.2) is 5.16 Å². The van der Waals surface area contributed by atoms with Gasteiger partial charge in [0, 0.05) is 7.05 Å². The van der Waals surface area contributed by atoms with Gasteiger partial charge >= 0.3 is 0 Å². The summed E-state index contributed by atoms with van der Waals surface area (Å²) in [6.07, 6.45) is 0. The van der Waals surface area contributed by atoms with Gasteiger partial charge in [-0.15, -0.1) is 0 Å². The Bertz CT molecular complexity index is 221. The number of carbonyl (C=O) groups is 2. The molecule has 1 fully saturated rings. The van der Waals surface area contributed by atoms with E-state index in [4.69, 9.17) is 5.21 Å². The molecule has 0 radical (unpaired) electrons. The van der Waals surface area contributed by atoms with E-state index >= 15 is 0 Å². The smallest absolute Gasteiger partial charge is 0.296 e. The van der Waals surface area contributed by atoms with Gasteiger partial charge in [-0.2, -0.15) is 0 Å². The molecule has 10 heavy (non-hydrogen) atoms. The molecule has 0 aromatic heterocycles. The van der Waals surface area contributed by atoms with E-state index in [1.807, 2.05) is 0 Å². The van der Waals surface area contributed by atoms with Crippen LogP contribution in [0.5, 0.6) is 0 Å². The molecule has 0 aromatic rings. The van der Waals surface area contributed by atoms with E-state index in [2.05, 4.69) is 5.16 Å². The molecule has 5 nitrogen and oxygen atoms in total. The molecule has 1 heterocycles. The summed E-state index contributed by atoms with van der Waals surface area (Å²) in [5.41, 5.74) is -0.0903. The standard InChI is InChI=1S/C5H6N2O3/c1-7-2-3(6-10)4(8)5(7)9/h10H,2H2,1H3/b6-3+. The van der Waals surface area contributed by atoms with Gasteiger partial charge in [0.1, 0.15) is 0 Å². The van der Waals surface area contributed by atoms with Crippen molar-refractivity contribution in [1.29, 1.82) is 0 Å². The highest BCUT2D eigenvalue weighted by Gasteiger charge is 2.33. The van der Waals surface area contributed by atoms with Crippen molar-refractivity contribution in [1.82, 2.24) is 4.90 Å². The van der Waals surface area contributed by atoms with Crippen LogP contribution >= 0.6 is 0 Å². The summed E-state index contributed by atoms with van der Waals surface area (Å²) in [5.74, 6) is -1.34. The number of hydrogen-bond donors (Lipinski definition) is 1. The molecule has 0 spiro atoms. The number of likely N-dealkylation sites (N-methyl/N-ethyl adjacent to an activating group) is 1. The topological polar surface area (TPSA) is 70.0 Å². The summed E-state index contributed by atoms with van der Waals surface area (Å²) in [6.45, 7) is 0.105. The van der Waals surface area contributed by atoms with Gasteiger partial charge in [-0.25, -0.2) is 0 Å². The second kappa shape index (κ2) is 2.09. The second-order valence-electron chi connectivity index (χ2n) is 2.04. The van der Waals surface area contributed by atoms with E-state index < -0.39 is 11.7 Å². The molecule has 1 amide bonds. The molecule has 54 valence electrons. The Balaban J connectivity index is 2.92. The Morgan fingerprint density at radius 1 is 1.60 bits per heavy atom. The fraction of sp³-hybridized carbons (Fsp3) is 0.400. The molecule has 0 unspecified atom stereocenters. The molecular formula is C5H6N2O3. The van der Waals surface area contributed by atoms with Crippen LogP contribution in [-0.2, 0) is 9.59 Å². The van der Waals surface area contributed by atoms with E-state index in [9.17, 15) is 9.59 Å². The third-order valence-corrected chi connectivity index (χ3v) is 1.31. The predicted octanol–water partition coefficient (Wildman–Crippen LogP) is -1.14. The van der Waals surface area contributed by atoms with Crippen molar-refractivity contribution in [2.24, 2.45) is 5.16 Å². The maximum absolute atomic E-state index is 10.7. The van der Waals surface area contributed by atoms with Gasteiger partial charge in [0.05, 0.1) is 6.54 Å². The summed E-state index contributed by atoms with van der Waals surface area (Å²) in [6, 6.07) is 0. The number of oxime groups is 1. The van der Waals surface area contributed by atoms with E-state index in [-0.39, 0.29) is 12.3 Å². The first kappa shape index (κ1) is 6.73. The highest BCUT2D eigenvalue weighted by molar-refractivity contribution is 6.68. The van der Waals surface area contributed by atoms with Gasteiger partial charge in [-0.05, 0) is 0 Å². The SMILES string of the molecule is CN1C/C(=N\O)C(=O)C1=O. The Labute approximate surface area is 56.9 Å². The van der Waals surface area contributed by atoms with E-state index in [0.29, 0.717) is 0 Å². The van der Waals surface area contributed by atoms with Crippen LogP contribution in [0.1, 0.15) is 0 Å². The first-order valence-corrected chi connectivity index (χ1v) is 2.67. The van der Waals surface area contributed by atoms with E-state index in [0.717, 1.165) is 0 Å². The molecule has 0 aromatic carbocycles. The summed E-state index contributed by atoms with van der Waals surface area (Å²) in [4.78, 5) is 22.5. The predicted molar refractivity (Wildman–Crippen MR) is 31.9 cm³/mol. The van der Waals surface area contributed by atoms with Crippen molar-refractivity contribution < 1.29 is 14.8 Å². The van der Waals surface area contributed by atoms with Crippen LogP contribution < -0.4 is 0 Å². The summed E-state index contributed by atoms with van der Waals surface area (Å²) in [7, 11) is 1.47. The normalized spacial score (nSPS) is 22.9. The molecule has 1 saturated heterocycles. The zero-order chi connectivity index (χ0) is 7.72. The van der Waals surface area contributed by atoms with Gasteiger partial charge in [-0.3, -0.25) is 9.59 Å². The van der Waals surface area contributed by atoms with Crippen molar-refractivity contribution >= 4 is 17.4 Å². The van der Waals surface area contributed by atoms with Crippen molar-refractivity contribution in [3.05, 3.63) is 0 Å². The van der Waals surface area contributed by atoms with Crippen LogP contribution in [0.3, 0.4) is 0 Å². The minimum atomic E-state index is -0.718. The zero-order valence-corrected chi connectivity index (χ0v) is 5.37. The molecular weight excluding hydrogens is 136 g/mol. The summed E-state index contributed by atoms with van der Waals surface area (Å²) in [5, 5.41) is 10.8. The minimum absolute atomic E-state index is 0.0903. The maximum atomic E-state index is 10.7. The number of likely N-dealkylation sites (tertiary alicyclic amines) is 1. The molecule has 0 saturated carbocycles. The fourth-order valence-electron chi connectivity index (χ4n) is 0.742. The van der Waals surface area contributed by atoms with Gasteiger partial charge in [0.25, 0.3) is 11.7 Å². The van der Waals surface area contributed by atoms with Gasteiger partial charge in [-0.1, -0.05) is 5.16 Å². The molecule has 1 aliphatic rings. The minimum Gasteiger partial charge on any atom is -0.410 e. The summed E-state index contributed by atoms with van der Waals surface area (Å²) >= 11 is 0. The Kier molecular flexibility index (Phi) is 1.41. The zero-order valence-electron chi connectivity index (χ0n) is 5.37. The lowest BCUT2D eigenvalue weighted by molar-refractivity contribution is -0.137. The van der Waals surface area contributed by atoms with Crippen LogP contribution in [0.2, 0.25) is 0 Å². The van der Waals surface area contributed by atoms with Crippen LogP contribution in [0.4, 0.5) is 0 Å². The van der Waals surface area contributed by atoms with Gasteiger partial charge in [0.15, 0.2) is 5.71 Å². The molecule has 0 aliphatic carbocycles. The van der Waals surface area contributed by atoms with Crippen LogP contribution in [-0.4, -0.2) is 41.1 Å². The summed E-state index contributed by atoms with van der Waals surface area (Å²) < 4.78 is 0. The van der Waals surface area contributed by atoms with Crippen LogP contribution in [0.25, 0.3) is 0 Å². The average Bonchev–Trinajstić information content (AvgIpc) is 2.17. The highest BCUT2D eigenvalue weighted by atomic mass is 16.4. The van der Waals surface area contributed by atoms with Gasteiger partial charge < -0.3 is 10.1 Å². The number of Topliss-reactive ketones (excluding diaryl/α,β-unsaturated/α-hetero) is 1. The van der Waals surface area contributed by atoms with Crippen LogP contribution in [0, 0.1) is 0 Å². The number of carbonyl (C=O) groups excluding carboxylic acids is 2. The lowest BCUT2D eigenvalue weighted by Crippen LogP contribution is -2.22. The first-order valence-electron chi connectivity index (χ1n) is 2.67. The van der Waals surface area contributed by atoms with Crippen molar-refractivity contribution in [2.45, 2.75) is 0 Å². The molecule has 1 aliphatic heterocycles. The van der Waals surface area contributed by atoms with Gasteiger partial charge in [0.2, 0.25) is 0 Å². The quantitative estimate of drug-likeness (QED) is 0.264. The monoisotopic (exact) mass is 142 g/mol. The maximum Gasteiger partial charge on any atom is 0.296 e. The molecule has 0 atom stereocenters. The number of nitrogens with zero attached hydrogens (tertiary/aromatic N) is 2. The van der Waals surface area contributed by atoms with Crippen molar-refractivity contribution in [3.8, 4) is 0 Å². The lowest BCUT2D eigenvalue weighted by Gasteiger charge is -2.01. The lowest BCUT2D eigenvalue weighted by atomic mass is 10.3. The third kappa shape index (κ3) is 0.754. The highest BCUT2D eigenvalue weighted by Crippen LogP contribution is 2.00. The molecule has 0 bridgehead atoms. The van der Waals surface area contributed by atoms with Crippen molar-refractivity contribution in [3.63, 3.8) is 0 Å². The Morgan fingerprint density at radius 3 is 2.40 bits per heavy atom. The Morgan fingerprint density at radius 2 is 2.20 bits per heavy atom. The number of amides is 1. The largest absolute Gasteiger partial charge is 0.410 e. The fourth-order valence-corrected chi connectivity index (χ4v) is 0.742. The second-order valence-corrected chi connectivity index (χ2v) is 2.04. The van der Waals surface area contributed by atoms with Crippen molar-refractivity contribution in [2.75, 3.05) is 13.6 Å². The number of ketones is 1.